The average Bonchev–Trinajstić information content (AvgIpc) is 3.20. The quantitative estimate of drug-likeness (QED) is 0.128. The highest BCUT2D eigenvalue weighted by atomic mass is 19.1. The highest BCUT2D eigenvalue weighted by Crippen LogP contribution is 2.28. The number of hydrogen-bond donors (Lipinski definition) is 4. The number of nitrogens with zero attached hydrogens (tertiary/aromatic N) is 6. The summed E-state index contributed by atoms with van der Waals surface area (Å²) < 4.78 is 13.2. The van der Waals surface area contributed by atoms with Crippen molar-refractivity contribution in [3.8, 4) is 22.5 Å². The number of aryl methyl sites for hydroxylation is 1. The first kappa shape index (κ1) is 34.3. The SMILES string of the molecule is CCc1ccc(-c2cc3nccnc3c(NCC3CCCNC3)n2)cc1.Fc1ccc(-c2cc3nccnc3c(NCC3CCCNC3)n2)cc1. The largest absolute Gasteiger partial charge is 0.368 e. The van der Waals surface area contributed by atoms with Crippen LogP contribution in [0.15, 0.2) is 85.5 Å². The van der Waals surface area contributed by atoms with E-state index >= 15 is 0 Å². The Kier molecular flexibility index (Phi) is 11.3. The maximum Gasteiger partial charge on any atom is 0.154 e. The predicted molar refractivity (Wildman–Crippen MR) is 203 cm³/mol. The van der Waals surface area contributed by atoms with Crippen molar-refractivity contribution >= 4 is 33.7 Å². The minimum Gasteiger partial charge on any atom is -0.368 e. The molecule has 51 heavy (non-hydrogen) atoms. The summed E-state index contributed by atoms with van der Waals surface area (Å²) in [6.45, 7) is 8.24. The third-order valence-electron chi connectivity index (χ3n) is 9.63. The Morgan fingerprint density at radius 1 is 0.647 bits per heavy atom. The van der Waals surface area contributed by atoms with E-state index in [0.29, 0.717) is 11.8 Å². The van der Waals surface area contributed by atoms with E-state index < -0.39 is 0 Å². The molecule has 6 heterocycles. The number of benzene rings is 2. The van der Waals surface area contributed by atoms with Crippen molar-refractivity contribution in [1.29, 1.82) is 0 Å². The maximum atomic E-state index is 13.2. The van der Waals surface area contributed by atoms with Crippen molar-refractivity contribution in [1.82, 2.24) is 40.5 Å². The number of aromatic nitrogens is 6. The van der Waals surface area contributed by atoms with Crippen molar-refractivity contribution in [3.63, 3.8) is 0 Å². The van der Waals surface area contributed by atoms with Crippen LogP contribution in [0.25, 0.3) is 44.6 Å². The summed E-state index contributed by atoms with van der Waals surface area (Å²) in [6, 6.07) is 18.9. The van der Waals surface area contributed by atoms with Crippen molar-refractivity contribution in [2.75, 3.05) is 49.9 Å². The Bertz CT molecular complexity index is 2030. The molecule has 0 radical (unpaired) electrons. The van der Waals surface area contributed by atoms with Gasteiger partial charge in [-0.05, 0) is 112 Å². The lowest BCUT2D eigenvalue weighted by Gasteiger charge is -2.23. The molecule has 4 N–H and O–H groups in total. The number of halogens is 1. The Labute approximate surface area is 298 Å². The Morgan fingerprint density at radius 3 is 1.57 bits per heavy atom. The fourth-order valence-corrected chi connectivity index (χ4v) is 6.70. The highest BCUT2D eigenvalue weighted by molar-refractivity contribution is 5.89. The fraction of sp³-hybridized carbons (Fsp3) is 0.350. The van der Waals surface area contributed by atoms with Gasteiger partial charge in [-0.3, -0.25) is 9.97 Å². The molecule has 0 spiro atoms. The molecule has 2 fully saturated rings. The molecule has 2 aliphatic heterocycles. The zero-order chi connectivity index (χ0) is 34.8. The first-order valence-electron chi connectivity index (χ1n) is 18.1. The summed E-state index contributed by atoms with van der Waals surface area (Å²) in [5, 5.41) is 13.9. The van der Waals surface area contributed by atoms with E-state index in [1.165, 1.54) is 43.4 Å². The van der Waals surface area contributed by atoms with E-state index in [1.807, 2.05) is 12.1 Å². The standard InChI is InChI=1S/C21H25N5.C19H20FN5/c1-2-15-5-7-17(8-6-15)18-12-19-20(24-11-10-23-19)21(26-18)25-14-16-4-3-9-22-13-16;20-15-5-3-14(4-6-15)16-10-17-18(23-9-8-22-17)19(25-16)24-12-13-2-1-7-21-11-13/h5-8,10-12,16,22H,2-4,9,13-14H2,1H3,(H,25,26);3-6,8-10,13,21H,1-2,7,11-12H2,(H,24,25). The molecule has 4 aromatic heterocycles. The van der Waals surface area contributed by atoms with Gasteiger partial charge in [0.25, 0.3) is 0 Å². The molecule has 0 aliphatic carbocycles. The Hall–Kier alpha value is -5.13. The van der Waals surface area contributed by atoms with Gasteiger partial charge in [-0.15, -0.1) is 0 Å². The van der Waals surface area contributed by atoms with Crippen LogP contribution in [0.1, 0.15) is 38.2 Å². The molecule has 2 atom stereocenters. The molecule has 262 valence electrons. The molecule has 8 rings (SSSR count). The molecular formula is C40H45FN10. The monoisotopic (exact) mass is 684 g/mol. The number of rotatable bonds is 9. The van der Waals surface area contributed by atoms with Crippen LogP contribution >= 0.6 is 0 Å². The fourth-order valence-electron chi connectivity index (χ4n) is 6.70. The summed E-state index contributed by atoms with van der Waals surface area (Å²) in [5.74, 6) is 2.51. The van der Waals surface area contributed by atoms with E-state index in [9.17, 15) is 4.39 Å². The van der Waals surface area contributed by atoms with E-state index in [0.717, 1.165) is 102 Å². The van der Waals surface area contributed by atoms with Gasteiger partial charge < -0.3 is 21.3 Å². The lowest BCUT2D eigenvalue weighted by molar-refractivity contribution is 0.392. The number of hydrogen-bond acceptors (Lipinski definition) is 10. The van der Waals surface area contributed by atoms with Gasteiger partial charge >= 0.3 is 0 Å². The third-order valence-corrected chi connectivity index (χ3v) is 9.63. The molecule has 0 amide bonds. The van der Waals surface area contributed by atoms with Crippen molar-refractivity contribution in [2.24, 2.45) is 11.8 Å². The molecule has 6 aromatic rings. The van der Waals surface area contributed by atoms with Gasteiger partial charge in [-0.2, -0.15) is 0 Å². The van der Waals surface area contributed by atoms with Gasteiger partial charge in [0, 0.05) is 49.0 Å². The van der Waals surface area contributed by atoms with Crippen LogP contribution < -0.4 is 21.3 Å². The summed E-state index contributed by atoms with van der Waals surface area (Å²) in [4.78, 5) is 27.5. The molecular weight excluding hydrogens is 640 g/mol. The van der Waals surface area contributed by atoms with Gasteiger partial charge in [0.1, 0.15) is 16.9 Å². The van der Waals surface area contributed by atoms with E-state index in [4.69, 9.17) is 9.97 Å². The maximum absolute atomic E-state index is 13.2. The van der Waals surface area contributed by atoms with E-state index in [1.54, 1.807) is 36.9 Å². The molecule has 2 unspecified atom stereocenters. The van der Waals surface area contributed by atoms with Crippen LogP contribution in [-0.4, -0.2) is 69.2 Å². The molecule has 2 saturated heterocycles. The highest BCUT2D eigenvalue weighted by Gasteiger charge is 2.17. The van der Waals surface area contributed by atoms with Crippen LogP contribution in [0, 0.1) is 17.7 Å². The van der Waals surface area contributed by atoms with Crippen molar-refractivity contribution in [2.45, 2.75) is 39.0 Å². The van der Waals surface area contributed by atoms with Crippen LogP contribution in [0.5, 0.6) is 0 Å². The number of anilines is 2. The van der Waals surface area contributed by atoms with E-state index in [2.05, 4.69) is 72.4 Å². The molecule has 0 bridgehead atoms. The van der Waals surface area contributed by atoms with Crippen LogP contribution in [0.3, 0.4) is 0 Å². The second kappa shape index (κ2) is 16.7. The van der Waals surface area contributed by atoms with Gasteiger partial charge in [-0.1, -0.05) is 31.2 Å². The first-order chi connectivity index (χ1) is 25.1. The summed E-state index contributed by atoms with van der Waals surface area (Å²) in [6.07, 6.45) is 12.8. The number of piperidine rings is 2. The van der Waals surface area contributed by atoms with Crippen molar-refractivity contribution in [3.05, 3.63) is 96.8 Å². The minimum absolute atomic E-state index is 0.257. The summed E-state index contributed by atoms with van der Waals surface area (Å²) in [7, 11) is 0. The van der Waals surface area contributed by atoms with Gasteiger partial charge in [0.2, 0.25) is 0 Å². The smallest absolute Gasteiger partial charge is 0.154 e. The third kappa shape index (κ3) is 8.79. The number of nitrogens with one attached hydrogen (secondary N) is 4. The Balaban J connectivity index is 0.000000159. The lowest BCUT2D eigenvalue weighted by Crippen LogP contribution is -2.33. The van der Waals surface area contributed by atoms with Gasteiger partial charge in [-0.25, -0.2) is 24.3 Å². The second-order valence-electron chi connectivity index (χ2n) is 13.3. The van der Waals surface area contributed by atoms with Gasteiger partial charge in [0.15, 0.2) is 11.6 Å². The molecule has 10 nitrogen and oxygen atoms in total. The second-order valence-corrected chi connectivity index (χ2v) is 13.3. The number of pyridine rings is 2. The van der Waals surface area contributed by atoms with Crippen LogP contribution in [0.2, 0.25) is 0 Å². The average molecular weight is 685 g/mol. The lowest BCUT2D eigenvalue weighted by atomic mass is 10.00. The zero-order valence-corrected chi connectivity index (χ0v) is 29.1. The summed E-state index contributed by atoms with van der Waals surface area (Å²) >= 11 is 0. The topological polar surface area (TPSA) is 125 Å². The van der Waals surface area contributed by atoms with Crippen LogP contribution in [-0.2, 0) is 6.42 Å². The predicted octanol–water partition coefficient (Wildman–Crippen LogP) is 6.91. The van der Waals surface area contributed by atoms with Crippen LogP contribution in [0.4, 0.5) is 16.0 Å². The van der Waals surface area contributed by atoms with Crippen molar-refractivity contribution < 1.29 is 4.39 Å². The minimum atomic E-state index is -0.257. The zero-order valence-electron chi connectivity index (χ0n) is 29.1. The summed E-state index contributed by atoms with van der Waals surface area (Å²) in [5.41, 5.74) is 8.25. The van der Waals surface area contributed by atoms with Gasteiger partial charge in [0.05, 0.1) is 22.4 Å². The number of fused-ring (bicyclic) bond motifs is 2. The first-order valence-corrected chi connectivity index (χ1v) is 18.1. The Morgan fingerprint density at radius 2 is 1.12 bits per heavy atom. The normalized spacial score (nSPS) is 17.5. The molecule has 2 aliphatic rings. The molecule has 2 aromatic carbocycles. The molecule has 11 heteroatoms. The van der Waals surface area contributed by atoms with E-state index in [-0.39, 0.29) is 5.82 Å². The molecule has 0 saturated carbocycles.